The van der Waals surface area contributed by atoms with E-state index in [4.69, 9.17) is 18.9 Å². The van der Waals surface area contributed by atoms with Crippen LogP contribution in [0, 0.1) is 0 Å². The van der Waals surface area contributed by atoms with Gasteiger partial charge in [-0.05, 0) is 96.3 Å². The number of rotatable bonds is 54. The van der Waals surface area contributed by atoms with Gasteiger partial charge >= 0.3 is 0 Å². The van der Waals surface area contributed by atoms with E-state index >= 15 is 0 Å². The standard InChI is InChI=1S/C73H123NO13/c1-3-5-7-9-11-13-15-17-19-21-23-25-27-28-29-30-31-32-33-34-35-37-39-41-43-45-47-49-51-53-55-57-65(78)74-61(60-84-72-70(83)68(81)71(64(59-76)86-72)87-73-69(82)67(80)66(79)63(58-75)85-73)62(77)56-54-52-50-48-46-44-42-40-38-36-26-24-22-20-18-16-14-12-10-8-6-4-2/h5,7,11,13,17,19,23,25,28-29,31-32,34-35,39,41,46,48,54,56,61-64,66-73,75-77,79-83H,3-4,6,8-10,12,14-16,18,20-22,24,26-27,30,33,36-38,40,42-45,47,49-53,55,57-60H2,1-2H3,(H,74,78)/b7-5-,13-11-,19-17-,25-23-,29-28-,32-31-,35-34-,41-39-,48-46+,56-54+. The SMILES string of the molecule is CC/C=C\C/C=C\C/C=C\C/C=C\C/C=C\C/C=C\C/C=C\C/C=C\CCCCCCCCC(=O)NC(COC1OC(CO)C(OC2OC(CO)C(O)C(O)C2O)C(O)C1O)C(O)/C=C/CC/C=C/CCCCCCCCCCCCCCCCCC. The first-order chi connectivity index (χ1) is 42.6. The van der Waals surface area contributed by atoms with Gasteiger partial charge in [-0.15, -0.1) is 0 Å². The van der Waals surface area contributed by atoms with Crippen LogP contribution in [0.1, 0.15) is 239 Å². The molecule has 498 valence electrons. The molecule has 2 aliphatic rings. The van der Waals surface area contributed by atoms with Crippen LogP contribution < -0.4 is 5.32 Å². The Hall–Kier alpha value is -3.61. The summed E-state index contributed by atoms with van der Waals surface area (Å²) in [4.78, 5) is 13.3. The van der Waals surface area contributed by atoms with E-state index in [1.54, 1.807) is 6.08 Å². The summed E-state index contributed by atoms with van der Waals surface area (Å²) in [5.41, 5.74) is 0. The number of carbonyl (C=O) groups excluding carboxylic acids is 1. The number of aliphatic hydroxyl groups excluding tert-OH is 8. The molecule has 12 atom stereocenters. The van der Waals surface area contributed by atoms with Crippen LogP contribution in [0.2, 0.25) is 0 Å². The van der Waals surface area contributed by atoms with E-state index in [-0.39, 0.29) is 18.9 Å². The van der Waals surface area contributed by atoms with Gasteiger partial charge in [0.25, 0.3) is 0 Å². The Morgan fingerprint density at radius 3 is 1.26 bits per heavy atom. The summed E-state index contributed by atoms with van der Waals surface area (Å²) in [6.45, 7) is 2.66. The lowest BCUT2D eigenvalue weighted by Crippen LogP contribution is -2.65. The maximum Gasteiger partial charge on any atom is 0.220 e. The van der Waals surface area contributed by atoms with Gasteiger partial charge in [0, 0.05) is 6.42 Å². The van der Waals surface area contributed by atoms with Gasteiger partial charge in [-0.25, -0.2) is 0 Å². The fraction of sp³-hybridized carbons (Fsp3) is 0.712. The molecule has 9 N–H and O–H groups in total. The van der Waals surface area contributed by atoms with Crippen LogP contribution in [0.25, 0.3) is 0 Å². The first kappa shape index (κ1) is 79.5. The van der Waals surface area contributed by atoms with E-state index in [0.717, 1.165) is 103 Å². The van der Waals surface area contributed by atoms with Gasteiger partial charge in [0.1, 0.15) is 48.8 Å². The zero-order chi connectivity index (χ0) is 63.1. The predicted octanol–water partition coefficient (Wildman–Crippen LogP) is 13.7. The highest BCUT2D eigenvalue weighted by molar-refractivity contribution is 5.76. The number of aliphatic hydroxyl groups is 8. The number of nitrogens with one attached hydrogen (secondary N) is 1. The maximum atomic E-state index is 13.3. The van der Waals surface area contributed by atoms with Crippen LogP contribution in [0.4, 0.5) is 0 Å². The fourth-order valence-electron chi connectivity index (χ4n) is 10.4. The van der Waals surface area contributed by atoms with E-state index < -0.39 is 86.8 Å². The first-order valence-corrected chi connectivity index (χ1v) is 34.3. The van der Waals surface area contributed by atoms with Crippen LogP contribution in [-0.4, -0.2) is 140 Å². The van der Waals surface area contributed by atoms with E-state index in [1.807, 2.05) is 6.08 Å². The largest absolute Gasteiger partial charge is 0.394 e. The van der Waals surface area contributed by atoms with Crippen molar-refractivity contribution < 1.29 is 64.6 Å². The van der Waals surface area contributed by atoms with E-state index in [9.17, 15) is 45.6 Å². The molecule has 0 radical (unpaired) electrons. The molecule has 2 rings (SSSR count). The smallest absolute Gasteiger partial charge is 0.220 e. The minimum Gasteiger partial charge on any atom is -0.394 e. The molecule has 0 aromatic heterocycles. The highest BCUT2D eigenvalue weighted by Gasteiger charge is 2.51. The van der Waals surface area contributed by atoms with Gasteiger partial charge in [-0.1, -0.05) is 257 Å². The van der Waals surface area contributed by atoms with Crippen molar-refractivity contribution in [3.05, 3.63) is 122 Å². The number of carbonyl (C=O) groups is 1. The summed E-state index contributed by atoms with van der Waals surface area (Å²) in [5, 5.41) is 87.4. The molecule has 2 saturated heterocycles. The summed E-state index contributed by atoms with van der Waals surface area (Å²) in [7, 11) is 0. The third-order valence-electron chi connectivity index (χ3n) is 15.9. The quantitative estimate of drug-likeness (QED) is 0.0204. The molecule has 0 aromatic rings. The minimum absolute atomic E-state index is 0.248. The van der Waals surface area contributed by atoms with Gasteiger partial charge in [0.05, 0.1) is 32.0 Å². The Morgan fingerprint density at radius 1 is 0.425 bits per heavy atom. The van der Waals surface area contributed by atoms with Crippen molar-refractivity contribution in [2.75, 3.05) is 19.8 Å². The molecule has 0 aromatic carbocycles. The molecular formula is C73H123NO13. The normalized spacial score (nSPS) is 24.1. The van der Waals surface area contributed by atoms with Crippen LogP contribution >= 0.6 is 0 Å². The molecule has 2 heterocycles. The number of amides is 1. The molecular weight excluding hydrogens is 1100 g/mol. The number of hydrogen-bond donors (Lipinski definition) is 9. The van der Waals surface area contributed by atoms with Crippen LogP contribution in [0.15, 0.2) is 122 Å². The van der Waals surface area contributed by atoms with Gasteiger partial charge in [-0.3, -0.25) is 4.79 Å². The van der Waals surface area contributed by atoms with Crippen molar-refractivity contribution in [1.29, 1.82) is 0 Å². The topological polar surface area (TPSA) is 228 Å². The second-order valence-electron chi connectivity index (χ2n) is 23.6. The summed E-state index contributed by atoms with van der Waals surface area (Å²) < 4.78 is 22.8. The number of ether oxygens (including phenoxy) is 4. The van der Waals surface area contributed by atoms with E-state index in [2.05, 4.69) is 129 Å². The van der Waals surface area contributed by atoms with E-state index in [0.29, 0.717) is 12.8 Å². The lowest BCUT2D eigenvalue weighted by molar-refractivity contribution is -0.359. The lowest BCUT2D eigenvalue weighted by atomic mass is 9.97. The molecule has 2 aliphatic heterocycles. The number of hydrogen-bond acceptors (Lipinski definition) is 13. The summed E-state index contributed by atoms with van der Waals surface area (Å²) in [5.74, 6) is -0.268. The Morgan fingerprint density at radius 2 is 0.805 bits per heavy atom. The Bertz CT molecular complexity index is 1920. The lowest BCUT2D eigenvalue weighted by Gasteiger charge is -2.46. The average molecular weight is 1220 g/mol. The Labute approximate surface area is 527 Å². The van der Waals surface area contributed by atoms with Crippen molar-refractivity contribution in [3.8, 4) is 0 Å². The minimum atomic E-state index is -1.80. The predicted molar refractivity (Wildman–Crippen MR) is 355 cm³/mol. The van der Waals surface area contributed by atoms with Gasteiger partial charge in [-0.2, -0.15) is 0 Å². The second kappa shape index (κ2) is 56.4. The molecule has 0 saturated carbocycles. The highest BCUT2D eigenvalue weighted by atomic mass is 16.7. The average Bonchev–Trinajstić information content (AvgIpc) is 2.33. The third-order valence-corrected chi connectivity index (χ3v) is 15.9. The Kier molecular flexibility index (Phi) is 51.5. The van der Waals surface area contributed by atoms with Crippen molar-refractivity contribution in [2.24, 2.45) is 0 Å². The highest BCUT2D eigenvalue weighted by Crippen LogP contribution is 2.30. The maximum absolute atomic E-state index is 13.3. The molecule has 2 fully saturated rings. The van der Waals surface area contributed by atoms with Crippen LogP contribution in [0.3, 0.4) is 0 Å². The molecule has 12 unspecified atom stereocenters. The zero-order valence-electron chi connectivity index (χ0n) is 54.0. The summed E-state index contributed by atoms with van der Waals surface area (Å²) in [6.07, 6.45) is 65.2. The number of allylic oxidation sites excluding steroid dienone is 19. The molecule has 87 heavy (non-hydrogen) atoms. The Balaban J connectivity index is 1.73. The summed E-state index contributed by atoms with van der Waals surface area (Å²) >= 11 is 0. The molecule has 14 nitrogen and oxygen atoms in total. The van der Waals surface area contributed by atoms with Gasteiger partial charge in [0.15, 0.2) is 12.6 Å². The first-order valence-electron chi connectivity index (χ1n) is 34.3. The zero-order valence-corrected chi connectivity index (χ0v) is 54.0. The van der Waals surface area contributed by atoms with Crippen molar-refractivity contribution in [3.63, 3.8) is 0 Å². The molecule has 14 heteroatoms. The van der Waals surface area contributed by atoms with Crippen LogP contribution in [0.5, 0.6) is 0 Å². The molecule has 0 aliphatic carbocycles. The van der Waals surface area contributed by atoms with Crippen molar-refractivity contribution in [2.45, 2.75) is 312 Å². The van der Waals surface area contributed by atoms with Crippen LogP contribution in [-0.2, 0) is 23.7 Å². The van der Waals surface area contributed by atoms with Gasteiger partial charge in [0.2, 0.25) is 5.91 Å². The monoisotopic (exact) mass is 1220 g/mol. The molecule has 0 spiro atoms. The van der Waals surface area contributed by atoms with Crippen molar-refractivity contribution >= 4 is 5.91 Å². The van der Waals surface area contributed by atoms with Crippen molar-refractivity contribution in [1.82, 2.24) is 5.32 Å². The second-order valence-corrected chi connectivity index (χ2v) is 23.6. The molecule has 1 amide bonds. The summed E-state index contributed by atoms with van der Waals surface area (Å²) in [6, 6.07) is -0.950. The number of unbranched alkanes of at least 4 members (excludes halogenated alkanes) is 23. The molecule has 0 bridgehead atoms. The van der Waals surface area contributed by atoms with Gasteiger partial charge < -0.3 is 65.1 Å². The third kappa shape index (κ3) is 40.7. The fourth-order valence-corrected chi connectivity index (χ4v) is 10.4. The van der Waals surface area contributed by atoms with E-state index in [1.165, 1.54) is 103 Å².